The lowest BCUT2D eigenvalue weighted by atomic mass is 10.1. The van der Waals surface area contributed by atoms with Crippen LogP contribution >= 0.6 is 11.3 Å². The molecule has 156 valence electrons. The molecule has 3 aromatic rings. The van der Waals surface area contributed by atoms with E-state index in [-0.39, 0.29) is 17.9 Å². The Hall–Kier alpha value is -3.06. The highest BCUT2D eigenvalue weighted by atomic mass is 32.1. The SMILES string of the molecule is Cc1ccc(NC(=O)c2nnc(CCC(=O)NC(C)CCc3ccccc3)s2)cc1. The van der Waals surface area contributed by atoms with Crippen molar-refractivity contribution < 1.29 is 9.59 Å². The van der Waals surface area contributed by atoms with Gasteiger partial charge in [0, 0.05) is 24.6 Å². The maximum absolute atomic E-state index is 12.3. The lowest BCUT2D eigenvalue weighted by molar-refractivity contribution is -0.121. The number of hydrogen-bond donors (Lipinski definition) is 2. The van der Waals surface area contributed by atoms with Crippen LogP contribution in [-0.4, -0.2) is 28.1 Å². The summed E-state index contributed by atoms with van der Waals surface area (Å²) in [5.74, 6) is -0.307. The van der Waals surface area contributed by atoms with E-state index in [1.807, 2.05) is 56.3 Å². The van der Waals surface area contributed by atoms with Crippen LogP contribution in [0.1, 0.15) is 45.7 Å². The molecule has 1 aromatic heterocycles. The molecule has 0 aliphatic carbocycles. The maximum atomic E-state index is 12.3. The van der Waals surface area contributed by atoms with E-state index >= 15 is 0 Å². The first-order valence-corrected chi connectivity index (χ1v) is 10.8. The van der Waals surface area contributed by atoms with Gasteiger partial charge < -0.3 is 10.6 Å². The molecule has 2 amide bonds. The summed E-state index contributed by atoms with van der Waals surface area (Å²) in [5, 5.41) is 14.8. The third-order valence-corrected chi connectivity index (χ3v) is 5.63. The normalized spacial score (nSPS) is 11.7. The predicted octanol–water partition coefficient (Wildman–Crippen LogP) is 4.17. The predicted molar refractivity (Wildman–Crippen MR) is 120 cm³/mol. The Bertz CT molecular complexity index is 970. The molecule has 0 bridgehead atoms. The van der Waals surface area contributed by atoms with Crippen LogP contribution in [0.3, 0.4) is 0 Å². The van der Waals surface area contributed by atoms with Crippen molar-refractivity contribution in [2.24, 2.45) is 0 Å². The molecular formula is C23H26N4O2S. The fraction of sp³-hybridized carbons (Fsp3) is 0.304. The van der Waals surface area contributed by atoms with Gasteiger partial charge in [0.25, 0.3) is 5.91 Å². The number of aromatic nitrogens is 2. The van der Waals surface area contributed by atoms with Gasteiger partial charge in [-0.15, -0.1) is 10.2 Å². The number of anilines is 1. The van der Waals surface area contributed by atoms with Crippen molar-refractivity contribution in [3.8, 4) is 0 Å². The number of benzene rings is 2. The highest BCUT2D eigenvalue weighted by molar-refractivity contribution is 7.13. The molecule has 0 saturated carbocycles. The van der Waals surface area contributed by atoms with Crippen LogP contribution in [-0.2, 0) is 17.6 Å². The van der Waals surface area contributed by atoms with Crippen molar-refractivity contribution in [3.63, 3.8) is 0 Å². The van der Waals surface area contributed by atoms with Crippen molar-refractivity contribution in [2.45, 2.75) is 45.6 Å². The zero-order valence-corrected chi connectivity index (χ0v) is 18.0. The number of nitrogens with one attached hydrogen (secondary N) is 2. The second-order valence-electron chi connectivity index (χ2n) is 7.31. The summed E-state index contributed by atoms with van der Waals surface area (Å²) in [4.78, 5) is 24.5. The molecule has 6 nitrogen and oxygen atoms in total. The summed E-state index contributed by atoms with van der Waals surface area (Å²) >= 11 is 1.22. The minimum absolute atomic E-state index is 0.0172. The van der Waals surface area contributed by atoms with E-state index < -0.39 is 0 Å². The molecule has 0 aliphatic heterocycles. The number of rotatable bonds is 9. The van der Waals surface area contributed by atoms with Crippen LogP contribution in [0.4, 0.5) is 5.69 Å². The van der Waals surface area contributed by atoms with Crippen molar-refractivity contribution in [3.05, 3.63) is 75.7 Å². The van der Waals surface area contributed by atoms with E-state index in [1.165, 1.54) is 16.9 Å². The summed E-state index contributed by atoms with van der Waals surface area (Å²) < 4.78 is 0. The van der Waals surface area contributed by atoms with Crippen LogP contribution in [0.25, 0.3) is 0 Å². The third kappa shape index (κ3) is 6.77. The Kier molecular flexibility index (Phi) is 7.68. The Labute approximate surface area is 180 Å². The van der Waals surface area contributed by atoms with Gasteiger partial charge in [-0.2, -0.15) is 0 Å². The van der Waals surface area contributed by atoms with E-state index in [2.05, 4.69) is 33.0 Å². The number of amides is 2. The van der Waals surface area contributed by atoms with Gasteiger partial charge in [0.2, 0.25) is 10.9 Å². The van der Waals surface area contributed by atoms with Crippen LogP contribution in [0.15, 0.2) is 54.6 Å². The van der Waals surface area contributed by atoms with Gasteiger partial charge in [-0.25, -0.2) is 0 Å². The molecule has 30 heavy (non-hydrogen) atoms. The van der Waals surface area contributed by atoms with Gasteiger partial charge in [0.1, 0.15) is 5.01 Å². The smallest absolute Gasteiger partial charge is 0.286 e. The summed E-state index contributed by atoms with van der Waals surface area (Å²) in [7, 11) is 0. The molecule has 2 aromatic carbocycles. The molecule has 1 atom stereocenters. The van der Waals surface area contributed by atoms with E-state index in [0.717, 1.165) is 18.4 Å². The number of hydrogen-bond acceptors (Lipinski definition) is 5. The van der Waals surface area contributed by atoms with Crippen LogP contribution in [0.2, 0.25) is 0 Å². The molecule has 2 N–H and O–H groups in total. The second-order valence-corrected chi connectivity index (χ2v) is 8.38. The lowest BCUT2D eigenvalue weighted by Gasteiger charge is -2.13. The van der Waals surface area contributed by atoms with Crippen molar-refractivity contribution in [2.75, 3.05) is 5.32 Å². The highest BCUT2D eigenvalue weighted by Crippen LogP contribution is 2.15. The number of carbonyl (C=O) groups excluding carboxylic acids is 2. The summed E-state index contributed by atoms with van der Waals surface area (Å²) in [6.07, 6.45) is 2.60. The van der Waals surface area contributed by atoms with Gasteiger partial charge in [-0.3, -0.25) is 9.59 Å². The first-order valence-electron chi connectivity index (χ1n) is 10.0. The van der Waals surface area contributed by atoms with E-state index in [1.54, 1.807) is 0 Å². The second kappa shape index (κ2) is 10.6. The minimum Gasteiger partial charge on any atom is -0.354 e. The monoisotopic (exact) mass is 422 g/mol. The van der Waals surface area contributed by atoms with Gasteiger partial charge in [0.05, 0.1) is 0 Å². The standard InChI is InChI=1S/C23H26N4O2S/c1-16-8-12-19(13-9-16)25-22(29)23-27-26-21(30-23)15-14-20(28)24-17(2)10-11-18-6-4-3-5-7-18/h3-9,12-13,17H,10-11,14-15H2,1-2H3,(H,24,28)(H,25,29). The molecular weight excluding hydrogens is 396 g/mol. The summed E-state index contributed by atoms with van der Waals surface area (Å²) in [6.45, 7) is 4.00. The molecule has 0 spiro atoms. The molecule has 7 heteroatoms. The van der Waals surface area contributed by atoms with Gasteiger partial charge in [-0.05, 0) is 44.4 Å². The molecule has 1 heterocycles. The average molecular weight is 423 g/mol. The van der Waals surface area contributed by atoms with Gasteiger partial charge >= 0.3 is 0 Å². The number of aryl methyl sites for hydroxylation is 3. The van der Waals surface area contributed by atoms with E-state index in [9.17, 15) is 9.59 Å². The van der Waals surface area contributed by atoms with E-state index in [4.69, 9.17) is 0 Å². The van der Waals surface area contributed by atoms with E-state index in [0.29, 0.717) is 28.5 Å². The molecule has 3 rings (SSSR count). The fourth-order valence-electron chi connectivity index (χ4n) is 2.94. The zero-order valence-electron chi connectivity index (χ0n) is 17.2. The molecule has 0 radical (unpaired) electrons. The van der Waals surface area contributed by atoms with Crippen molar-refractivity contribution >= 4 is 28.8 Å². The highest BCUT2D eigenvalue weighted by Gasteiger charge is 2.15. The Morgan fingerprint density at radius 1 is 1.00 bits per heavy atom. The summed E-state index contributed by atoms with van der Waals surface area (Å²) in [5.41, 5.74) is 3.11. The quantitative estimate of drug-likeness (QED) is 0.542. The van der Waals surface area contributed by atoms with Crippen molar-refractivity contribution in [1.29, 1.82) is 0 Å². The number of nitrogens with zero attached hydrogens (tertiary/aromatic N) is 2. The Morgan fingerprint density at radius 2 is 1.73 bits per heavy atom. The van der Waals surface area contributed by atoms with Gasteiger partial charge in [0.15, 0.2) is 0 Å². The Morgan fingerprint density at radius 3 is 2.47 bits per heavy atom. The molecule has 0 aliphatic rings. The fourth-order valence-corrected chi connectivity index (χ4v) is 3.67. The van der Waals surface area contributed by atoms with Crippen LogP contribution < -0.4 is 10.6 Å². The van der Waals surface area contributed by atoms with Gasteiger partial charge in [-0.1, -0.05) is 59.4 Å². The Balaban J connectivity index is 1.41. The largest absolute Gasteiger partial charge is 0.354 e. The molecule has 0 saturated heterocycles. The first-order chi connectivity index (χ1) is 14.5. The summed E-state index contributed by atoms with van der Waals surface area (Å²) in [6, 6.07) is 17.9. The van der Waals surface area contributed by atoms with Crippen LogP contribution in [0.5, 0.6) is 0 Å². The number of carbonyl (C=O) groups is 2. The third-order valence-electron chi connectivity index (χ3n) is 4.65. The lowest BCUT2D eigenvalue weighted by Crippen LogP contribution is -2.33. The van der Waals surface area contributed by atoms with Crippen molar-refractivity contribution in [1.82, 2.24) is 15.5 Å². The maximum Gasteiger partial charge on any atom is 0.286 e. The molecule has 0 fully saturated rings. The molecule has 1 unspecified atom stereocenters. The first kappa shape index (κ1) is 21.6. The van der Waals surface area contributed by atoms with Crippen LogP contribution in [0, 0.1) is 6.92 Å². The zero-order chi connectivity index (χ0) is 21.3. The minimum atomic E-state index is -0.290. The topological polar surface area (TPSA) is 84.0 Å². The average Bonchev–Trinajstić information content (AvgIpc) is 3.22.